The van der Waals surface area contributed by atoms with Crippen LogP contribution in [0.5, 0.6) is 5.75 Å². The predicted molar refractivity (Wildman–Crippen MR) is 62.6 cm³/mol. The van der Waals surface area contributed by atoms with Gasteiger partial charge in [-0.15, -0.1) is 0 Å². The molecular weight excluding hydrogens is 188 g/mol. The van der Waals surface area contributed by atoms with Gasteiger partial charge in [-0.25, -0.2) is 0 Å². The van der Waals surface area contributed by atoms with Gasteiger partial charge in [0.25, 0.3) is 0 Å². The van der Waals surface area contributed by atoms with E-state index in [9.17, 15) is 0 Å². The highest BCUT2D eigenvalue weighted by molar-refractivity contribution is 5.60. The number of hydrogen-bond acceptors (Lipinski definition) is 3. The van der Waals surface area contributed by atoms with Gasteiger partial charge < -0.3 is 15.4 Å². The highest BCUT2D eigenvalue weighted by Gasteiger charge is 2.14. The van der Waals surface area contributed by atoms with Crippen LogP contribution in [0.15, 0.2) is 18.2 Å². The van der Waals surface area contributed by atoms with E-state index in [1.54, 1.807) is 0 Å². The van der Waals surface area contributed by atoms with Gasteiger partial charge in [-0.3, -0.25) is 0 Å². The van der Waals surface area contributed by atoms with Crippen molar-refractivity contribution in [2.24, 2.45) is 5.73 Å². The second kappa shape index (κ2) is 4.53. The molecule has 3 nitrogen and oxygen atoms in total. The molecule has 0 spiro atoms. The van der Waals surface area contributed by atoms with Crippen LogP contribution in [0, 0.1) is 0 Å². The fourth-order valence-corrected chi connectivity index (χ4v) is 1.86. The molecule has 1 aromatic carbocycles. The number of nitrogens with two attached hydrogens (primary N) is 1. The molecule has 0 aliphatic carbocycles. The Morgan fingerprint density at radius 2 is 2.33 bits per heavy atom. The van der Waals surface area contributed by atoms with Gasteiger partial charge in [-0.05, 0) is 37.1 Å². The largest absolute Gasteiger partial charge is 0.490 e. The first-order valence-corrected chi connectivity index (χ1v) is 5.48. The lowest BCUT2D eigenvalue weighted by Crippen LogP contribution is -2.28. The topological polar surface area (TPSA) is 38.5 Å². The summed E-state index contributed by atoms with van der Waals surface area (Å²) >= 11 is 0. The molecule has 1 aliphatic rings. The maximum atomic E-state index is 5.64. The Kier molecular flexibility index (Phi) is 3.11. The van der Waals surface area contributed by atoms with Crippen LogP contribution in [0.3, 0.4) is 0 Å². The van der Waals surface area contributed by atoms with E-state index in [0.29, 0.717) is 0 Å². The minimum Gasteiger partial charge on any atom is -0.490 e. The molecule has 0 radical (unpaired) electrons. The van der Waals surface area contributed by atoms with E-state index < -0.39 is 0 Å². The molecule has 0 saturated carbocycles. The van der Waals surface area contributed by atoms with Crippen LogP contribution >= 0.6 is 0 Å². The minimum absolute atomic E-state index is 0.748. The zero-order valence-corrected chi connectivity index (χ0v) is 9.20. The summed E-state index contributed by atoms with van der Waals surface area (Å²) in [5, 5.41) is 0. The van der Waals surface area contributed by atoms with Gasteiger partial charge in [0.1, 0.15) is 12.4 Å². The van der Waals surface area contributed by atoms with Gasteiger partial charge in [0, 0.05) is 7.05 Å². The summed E-state index contributed by atoms with van der Waals surface area (Å²) in [4.78, 5) is 2.23. The molecule has 0 fully saturated rings. The van der Waals surface area contributed by atoms with Crippen LogP contribution in [-0.4, -0.2) is 26.7 Å². The van der Waals surface area contributed by atoms with Crippen LogP contribution in [0.1, 0.15) is 12.0 Å². The van der Waals surface area contributed by atoms with E-state index in [1.807, 2.05) is 0 Å². The molecule has 0 amide bonds. The summed E-state index contributed by atoms with van der Waals surface area (Å²) in [6.45, 7) is 2.50. The van der Waals surface area contributed by atoms with Gasteiger partial charge >= 0.3 is 0 Å². The molecule has 2 rings (SSSR count). The second-order valence-electron chi connectivity index (χ2n) is 3.96. The number of fused-ring (bicyclic) bond motifs is 1. The van der Waals surface area contributed by atoms with E-state index >= 15 is 0 Å². The van der Waals surface area contributed by atoms with Crippen molar-refractivity contribution in [1.29, 1.82) is 0 Å². The first-order chi connectivity index (χ1) is 7.31. The molecule has 1 aromatic rings. The Balaban J connectivity index is 2.18. The second-order valence-corrected chi connectivity index (χ2v) is 3.96. The molecule has 1 aliphatic heterocycles. The summed E-state index contributed by atoms with van der Waals surface area (Å²) < 4.78 is 5.64. The van der Waals surface area contributed by atoms with Crippen molar-refractivity contribution in [2.75, 3.05) is 31.6 Å². The molecule has 2 N–H and O–H groups in total. The zero-order chi connectivity index (χ0) is 10.7. The highest BCUT2D eigenvalue weighted by Crippen LogP contribution is 2.31. The molecular formula is C12H18N2O. The van der Waals surface area contributed by atoms with Crippen molar-refractivity contribution in [3.63, 3.8) is 0 Å². The van der Waals surface area contributed by atoms with E-state index in [1.165, 1.54) is 11.3 Å². The number of hydrogen-bond donors (Lipinski definition) is 1. The number of ether oxygens (including phenoxy) is 1. The van der Waals surface area contributed by atoms with Crippen LogP contribution in [0.4, 0.5) is 5.69 Å². The van der Waals surface area contributed by atoms with Crippen molar-refractivity contribution in [3.05, 3.63) is 23.8 Å². The highest BCUT2D eigenvalue weighted by atomic mass is 16.5. The van der Waals surface area contributed by atoms with Gasteiger partial charge in [0.15, 0.2) is 0 Å². The third kappa shape index (κ3) is 2.23. The Morgan fingerprint density at radius 1 is 1.47 bits per heavy atom. The van der Waals surface area contributed by atoms with Crippen molar-refractivity contribution in [2.45, 2.75) is 12.8 Å². The van der Waals surface area contributed by atoms with E-state index in [2.05, 4.69) is 30.1 Å². The SMILES string of the molecule is CN1CCOc2cc(CCCN)ccc21. The van der Waals surface area contributed by atoms with Crippen molar-refractivity contribution < 1.29 is 4.74 Å². The molecule has 3 heteroatoms. The Bertz CT molecular complexity index is 338. The Morgan fingerprint density at radius 3 is 3.13 bits per heavy atom. The quantitative estimate of drug-likeness (QED) is 0.812. The van der Waals surface area contributed by atoms with Crippen molar-refractivity contribution >= 4 is 5.69 Å². The third-order valence-electron chi connectivity index (χ3n) is 2.79. The Hall–Kier alpha value is -1.22. The first-order valence-electron chi connectivity index (χ1n) is 5.48. The number of rotatable bonds is 3. The average molecular weight is 206 g/mol. The molecule has 0 unspecified atom stereocenters. The molecule has 0 bridgehead atoms. The lowest BCUT2D eigenvalue weighted by Gasteiger charge is -2.28. The number of benzene rings is 1. The summed E-state index contributed by atoms with van der Waals surface area (Å²) in [5.41, 5.74) is 8.00. The molecule has 1 heterocycles. The molecule has 0 saturated heterocycles. The molecule has 0 atom stereocenters. The standard InChI is InChI=1S/C12H18N2O/c1-14-7-8-15-12-9-10(3-2-6-13)4-5-11(12)14/h4-5,9H,2-3,6-8,13H2,1H3. The smallest absolute Gasteiger partial charge is 0.142 e. The van der Waals surface area contributed by atoms with Gasteiger partial charge in [0.2, 0.25) is 0 Å². The monoisotopic (exact) mass is 206 g/mol. The first kappa shape index (κ1) is 10.3. The lowest BCUT2D eigenvalue weighted by atomic mass is 10.1. The van der Waals surface area contributed by atoms with E-state index in [4.69, 9.17) is 10.5 Å². The fraction of sp³-hybridized carbons (Fsp3) is 0.500. The Labute approximate surface area is 90.8 Å². The van der Waals surface area contributed by atoms with Crippen molar-refractivity contribution in [1.82, 2.24) is 0 Å². The summed E-state index contributed by atoms with van der Waals surface area (Å²) in [7, 11) is 2.10. The van der Waals surface area contributed by atoms with Crippen molar-refractivity contribution in [3.8, 4) is 5.75 Å². The maximum Gasteiger partial charge on any atom is 0.142 e. The third-order valence-corrected chi connectivity index (χ3v) is 2.79. The van der Waals surface area contributed by atoms with E-state index in [0.717, 1.165) is 38.3 Å². The average Bonchev–Trinajstić information content (AvgIpc) is 2.26. The minimum atomic E-state index is 0.748. The van der Waals surface area contributed by atoms with Gasteiger partial charge in [-0.1, -0.05) is 6.07 Å². The summed E-state index contributed by atoms with van der Waals surface area (Å²) in [6.07, 6.45) is 2.07. The van der Waals surface area contributed by atoms with Crippen LogP contribution in [0.25, 0.3) is 0 Å². The number of aryl methyl sites for hydroxylation is 1. The summed E-state index contributed by atoms with van der Waals surface area (Å²) in [6, 6.07) is 6.45. The fourth-order valence-electron chi connectivity index (χ4n) is 1.86. The number of anilines is 1. The summed E-state index contributed by atoms with van der Waals surface area (Å²) in [5.74, 6) is 1.01. The molecule has 0 aromatic heterocycles. The predicted octanol–water partition coefficient (Wildman–Crippen LogP) is 1.41. The normalized spacial score (nSPS) is 14.7. The lowest BCUT2D eigenvalue weighted by molar-refractivity contribution is 0.311. The number of nitrogens with zero attached hydrogens (tertiary/aromatic N) is 1. The van der Waals surface area contributed by atoms with Crippen LogP contribution in [0.2, 0.25) is 0 Å². The van der Waals surface area contributed by atoms with E-state index in [-0.39, 0.29) is 0 Å². The van der Waals surface area contributed by atoms with Crippen LogP contribution in [-0.2, 0) is 6.42 Å². The van der Waals surface area contributed by atoms with Gasteiger partial charge in [0.05, 0.1) is 12.2 Å². The number of likely N-dealkylation sites (N-methyl/N-ethyl adjacent to an activating group) is 1. The zero-order valence-electron chi connectivity index (χ0n) is 9.20. The molecule has 15 heavy (non-hydrogen) atoms. The van der Waals surface area contributed by atoms with Crippen LogP contribution < -0.4 is 15.4 Å². The van der Waals surface area contributed by atoms with Gasteiger partial charge in [-0.2, -0.15) is 0 Å². The molecule has 82 valence electrons. The maximum absolute atomic E-state index is 5.64.